The Morgan fingerprint density at radius 2 is 2.00 bits per heavy atom. The second-order valence-electron chi connectivity index (χ2n) is 6.66. The summed E-state index contributed by atoms with van der Waals surface area (Å²) in [6, 6.07) is 7.29. The predicted octanol–water partition coefficient (Wildman–Crippen LogP) is 3.31. The van der Waals surface area contributed by atoms with Crippen molar-refractivity contribution < 1.29 is 14.6 Å². The quantitative estimate of drug-likeness (QED) is 0.930. The number of benzene rings is 1. The molecule has 1 aliphatic heterocycles. The molecular weight excluding hydrogens is 278 g/mol. The lowest BCUT2D eigenvalue weighted by atomic mass is 9.92. The van der Waals surface area contributed by atoms with E-state index < -0.39 is 5.97 Å². The minimum Gasteiger partial charge on any atom is -0.478 e. The van der Waals surface area contributed by atoms with E-state index in [1.165, 1.54) is 38.5 Å². The molecule has 120 valence electrons. The van der Waals surface area contributed by atoms with Gasteiger partial charge in [0.15, 0.2) is 0 Å². The monoisotopic (exact) mass is 303 g/mol. The Morgan fingerprint density at radius 1 is 1.23 bits per heavy atom. The maximum absolute atomic E-state index is 11.1. The predicted molar refractivity (Wildman–Crippen MR) is 85.1 cm³/mol. The molecule has 2 fully saturated rings. The summed E-state index contributed by atoms with van der Waals surface area (Å²) in [5.41, 5.74) is 1.49. The van der Waals surface area contributed by atoms with E-state index in [9.17, 15) is 4.79 Å². The van der Waals surface area contributed by atoms with E-state index in [-0.39, 0.29) is 5.60 Å². The molecule has 1 aliphatic carbocycles. The zero-order chi connectivity index (χ0) is 15.4. The molecule has 3 rings (SSSR count). The van der Waals surface area contributed by atoms with E-state index in [1.807, 2.05) is 12.1 Å². The lowest BCUT2D eigenvalue weighted by molar-refractivity contribution is -0.119. The fourth-order valence-electron chi connectivity index (χ4n) is 3.79. The van der Waals surface area contributed by atoms with Gasteiger partial charge in [0, 0.05) is 19.6 Å². The molecule has 1 spiro atoms. The van der Waals surface area contributed by atoms with Gasteiger partial charge in [0.25, 0.3) is 0 Å². The first-order valence-corrected chi connectivity index (χ1v) is 8.35. The topological polar surface area (TPSA) is 49.8 Å². The molecule has 0 atom stereocenters. The molecule has 0 bridgehead atoms. The number of carboxylic acids is 1. The Kier molecular flexibility index (Phi) is 4.79. The third-order valence-electron chi connectivity index (χ3n) is 4.92. The maximum atomic E-state index is 11.1. The van der Waals surface area contributed by atoms with Crippen LogP contribution in [0.15, 0.2) is 24.3 Å². The SMILES string of the molecule is O=C(O)c1cccc(CN2CCOC3(CCCCCC3)C2)c1. The number of nitrogens with zero attached hydrogens (tertiary/aromatic N) is 1. The van der Waals surface area contributed by atoms with Crippen LogP contribution in [0.3, 0.4) is 0 Å². The van der Waals surface area contributed by atoms with Crippen LogP contribution < -0.4 is 0 Å². The molecule has 4 heteroatoms. The summed E-state index contributed by atoms with van der Waals surface area (Å²) in [5, 5.41) is 9.11. The van der Waals surface area contributed by atoms with Crippen LogP contribution >= 0.6 is 0 Å². The first kappa shape index (κ1) is 15.5. The summed E-state index contributed by atoms with van der Waals surface area (Å²) in [6.07, 6.45) is 7.51. The molecule has 2 aliphatic rings. The highest BCUT2D eigenvalue weighted by molar-refractivity contribution is 5.87. The van der Waals surface area contributed by atoms with Crippen LogP contribution in [0.25, 0.3) is 0 Å². The third-order valence-corrected chi connectivity index (χ3v) is 4.92. The summed E-state index contributed by atoms with van der Waals surface area (Å²) in [7, 11) is 0. The third kappa shape index (κ3) is 3.68. The zero-order valence-electron chi connectivity index (χ0n) is 13.1. The largest absolute Gasteiger partial charge is 0.478 e. The molecule has 1 saturated carbocycles. The molecule has 1 heterocycles. The van der Waals surface area contributed by atoms with Gasteiger partial charge in [-0.3, -0.25) is 4.90 Å². The Morgan fingerprint density at radius 3 is 2.73 bits per heavy atom. The average Bonchev–Trinajstić information content (AvgIpc) is 2.73. The van der Waals surface area contributed by atoms with Crippen molar-refractivity contribution in [3.63, 3.8) is 0 Å². The lowest BCUT2D eigenvalue weighted by Crippen LogP contribution is -2.51. The minimum absolute atomic E-state index is 0.0408. The number of carbonyl (C=O) groups is 1. The maximum Gasteiger partial charge on any atom is 0.335 e. The highest BCUT2D eigenvalue weighted by Crippen LogP contribution is 2.33. The number of morpholine rings is 1. The molecule has 1 N–H and O–H groups in total. The second-order valence-corrected chi connectivity index (χ2v) is 6.66. The second kappa shape index (κ2) is 6.80. The van der Waals surface area contributed by atoms with Crippen LogP contribution in [0.5, 0.6) is 0 Å². The van der Waals surface area contributed by atoms with Crippen molar-refractivity contribution in [1.29, 1.82) is 0 Å². The zero-order valence-corrected chi connectivity index (χ0v) is 13.1. The van der Waals surface area contributed by atoms with Gasteiger partial charge in [-0.25, -0.2) is 4.79 Å². The van der Waals surface area contributed by atoms with Crippen molar-refractivity contribution >= 4 is 5.97 Å². The van der Waals surface area contributed by atoms with Crippen molar-refractivity contribution in [3.05, 3.63) is 35.4 Å². The Hall–Kier alpha value is -1.39. The van der Waals surface area contributed by atoms with Crippen molar-refractivity contribution in [2.75, 3.05) is 19.7 Å². The van der Waals surface area contributed by atoms with E-state index in [1.54, 1.807) is 12.1 Å². The van der Waals surface area contributed by atoms with E-state index in [2.05, 4.69) is 4.90 Å². The number of hydrogen-bond acceptors (Lipinski definition) is 3. The van der Waals surface area contributed by atoms with Crippen molar-refractivity contribution in [3.8, 4) is 0 Å². The van der Waals surface area contributed by atoms with Gasteiger partial charge in [0.1, 0.15) is 0 Å². The summed E-state index contributed by atoms with van der Waals surface area (Å²) in [4.78, 5) is 13.5. The summed E-state index contributed by atoms with van der Waals surface area (Å²) >= 11 is 0. The van der Waals surface area contributed by atoms with Gasteiger partial charge < -0.3 is 9.84 Å². The van der Waals surface area contributed by atoms with Crippen molar-refractivity contribution in [2.24, 2.45) is 0 Å². The van der Waals surface area contributed by atoms with Crippen LogP contribution in [-0.2, 0) is 11.3 Å². The van der Waals surface area contributed by atoms with Gasteiger partial charge in [0.2, 0.25) is 0 Å². The van der Waals surface area contributed by atoms with Gasteiger partial charge in [-0.2, -0.15) is 0 Å². The summed E-state index contributed by atoms with van der Waals surface area (Å²) < 4.78 is 6.18. The Labute approximate surface area is 132 Å². The Balaban J connectivity index is 1.67. The van der Waals surface area contributed by atoms with E-state index in [0.717, 1.165) is 31.8 Å². The summed E-state index contributed by atoms with van der Waals surface area (Å²) in [5.74, 6) is -0.857. The molecule has 1 aromatic rings. The number of carboxylic acid groups (broad SMARTS) is 1. The molecule has 1 saturated heterocycles. The molecule has 22 heavy (non-hydrogen) atoms. The van der Waals surface area contributed by atoms with E-state index in [0.29, 0.717) is 5.56 Å². The van der Waals surface area contributed by atoms with Crippen molar-refractivity contribution in [2.45, 2.75) is 50.7 Å². The van der Waals surface area contributed by atoms with Gasteiger partial charge in [-0.1, -0.05) is 37.8 Å². The highest BCUT2D eigenvalue weighted by atomic mass is 16.5. The number of rotatable bonds is 3. The fraction of sp³-hybridized carbons (Fsp3) is 0.611. The molecule has 1 aromatic carbocycles. The van der Waals surface area contributed by atoms with Crippen molar-refractivity contribution in [1.82, 2.24) is 4.90 Å². The van der Waals surface area contributed by atoms with Gasteiger partial charge >= 0.3 is 5.97 Å². The van der Waals surface area contributed by atoms with Crippen LogP contribution in [0.2, 0.25) is 0 Å². The van der Waals surface area contributed by atoms with E-state index in [4.69, 9.17) is 9.84 Å². The number of ether oxygens (including phenoxy) is 1. The normalized spacial score (nSPS) is 22.4. The molecule has 0 radical (unpaired) electrons. The molecule has 0 aromatic heterocycles. The fourth-order valence-corrected chi connectivity index (χ4v) is 3.79. The minimum atomic E-state index is -0.857. The van der Waals surface area contributed by atoms with Gasteiger partial charge in [0.05, 0.1) is 17.8 Å². The standard InChI is InChI=1S/C18H25NO3/c20-17(21)16-7-5-6-15(12-16)13-19-10-11-22-18(14-19)8-3-1-2-4-9-18/h5-7,12H,1-4,8-11,13-14H2,(H,20,21). The van der Waals surface area contributed by atoms with Gasteiger partial charge in [-0.15, -0.1) is 0 Å². The summed E-state index contributed by atoms with van der Waals surface area (Å²) in [6.45, 7) is 3.51. The smallest absolute Gasteiger partial charge is 0.335 e. The Bertz CT molecular complexity index is 521. The van der Waals surface area contributed by atoms with Crippen LogP contribution in [0.1, 0.15) is 54.4 Å². The number of aromatic carboxylic acids is 1. The van der Waals surface area contributed by atoms with Gasteiger partial charge in [-0.05, 0) is 30.5 Å². The molecule has 0 unspecified atom stereocenters. The molecular formula is C18H25NO3. The highest BCUT2D eigenvalue weighted by Gasteiger charge is 2.36. The average molecular weight is 303 g/mol. The van der Waals surface area contributed by atoms with Crippen LogP contribution in [0, 0.1) is 0 Å². The van der Waals surface area contributed by atoms with Crippen LogP contribution in [-0.4, -0.2) is 41.3 Å². The molecule has 0 amide bonds. The first-order chi connectivity index (χ1) is 10.7. The lowest BCUT2D eigenvalue weighted by Gasteiger charge is -2.42. The number of hydrogen-bond donors (Lipinski definition) is 1. The van der Waals surface area contributed by atoms with E-state index >= 15 is 0 Å². The first-order valence-electron chi connectivity index (χ1n) is 8.35. The van der Waals surface area contributed by atoms with Crippen LogP contribution in [0.4, 0.5) is 0 Å². The molecule has 4 nitrogen and oxygen atoms in total.